The lowest BCUT2D eigenvalue weighted by Gasteiger charge is -2.29. The van der Waals surface area contributed by atoms with Crippen LogP contribution >= 0.6 is 11.8 Å². The second kappa shape index (κ2) is 7.04. The van der Waals surface area contributed by atoms with E-state index in [0.29, 0.717) is 23.0 Å². The number of anilines is 1. The number of carbonyl (C=O) groups excluding carboxylic acids is 1. The second-order valence-corrected chi connectivity index (χ2v) is 7.25. The van der Waals surface area contributed by atoms with Gasteiger partial charge in [0.2, 0.25) is 0 Å². The van der Waals surface area contributed by atoms with E-state index in [0.717, 1.165) is 22.5 Å². The van der Waals surface area contributed by atoms with E-state index in [2.05, 4.69) is 15.4 Å². The van der Waals surface area contributed by atoms with Gasteiger partial charge in [0.15, 0.2) is 23.3 Å². The number of amidine groups is 1. The molecule has 2 aromatic rings. The number of nitrogens with zero attached hydrogens (tertiary/aromatic N) is 3. The Bertz CT molecular complexity index is 1020. The van der Waals surface area contributed by atoms with Gasteiger partial charge >= 0.3 is 0 Å². The summed E-state index contributed by atoms with van der Waals surface area (Å²) >= 11 is 1.17. The van der Waals surface area contributed by atoms with Crippen LogP contribution in [0.15, 0.2) is 35.4 Å². The van der Waals surface area contributed by atoms with Gasteiger partial charge in [-0.05, 0) is 36.2 Å². The van der Waals surface area contributed by atoms with Gasteiger partial charge in [0, 0.05) is 0 Å². The molecular weight excluding hydrogens is 383 g/mol. The van der Waals surface area contributed by atoms with Crippen LogP contribution in [0.2, 0.25) is 0 Å². The highest BCUT2D eigenvalue weighted by Crippen LogP contribution is 2.39. The number of hydrogen-bond donors (Lipinski definition) is 3. The molecule has 1 aromatic carbocycles. The molecule has 2 aliphatic heterocycles. The van der Waals surface area contributed by atoms with Crippen molar-refractivity contribution in [3.63, 3.8) is 0 Å². The Morgan fingerprint density at radius 3 is 2.86 bits per heavy atom. The number of rotatable bonds is 3. The quantitative estimate of drug-likeness (QED) is 0.543. The number of fused-ring (bicyclic) bond motifs is 1. The van der Waals surface area contributed by atoms with Crippen molar-refractivity contribution < 1.29 is 13.9 Å². The highest BCUT2D eigenvalue weighted by Gasteiger charge is 2.32. The number of aromatic nitrogens is 1. The molecule has 3 N–H and O–H groups in total. The summed E-state index contributed by atoms with van der Waals surface area (Å²) < 4.78 is 18.8. The molecule has 0 saturated heterocycles. The van der Waals surface area contributed by atoms with Gasteiger partial charge in [-0.2, -0.15) is 10.1 Å². The number of carbonyl (C=O) groups is 1. The third kappa shape index (κ3) is 3.22. The van der Waals surface area contributed by atoms with Crippen LogP contribution in [0.1, 0.15) is 22.1 Å². The number of benzene rings is 1. The van der Waals surface area contributed by atoms with Crippen molar-refractivity contribution in [3.8, 4) is 5.75 Å². The molecule has 10 heteroatoms. The van der Waals surface area contributed by atoms with Crippen LogP contribution in [-0.4, -0.2) is 39.7 Å². The van der Waals surface area contributed by atoms with Gasteiger partial charge in [0.25, 0.3) is 5.91 Å². The Labute approximate surface area is 163 Å². The number of aryl methyl sites for hydroxylation is 1. The smallest absolute Gasteiger partial charge is 0.263 e. The fourth-order valence-corrected chi connectivity index (χ4v) is 3.93. The first-order chi connectivity index (χ1) is 13.5. The molecule has 8 nitrogen and oxygen atoms in total. The van der Waals surface area contributed by atoms with Crippen molar-refractivity contribution in [2.24, 2.45) is 5.10 Å². The van der Waals surface area contributed by atoms with Crippen LogP contribution in [0.5, 0.6) is 5.75 Å². The molecule has 0 radical (unpaired) electrons. The summed E-state index contributed by atoms with van der Waals surface area (Å²) in [4.78, 5) is 16.2. The van der Waals surface area contributed by atoms with Crippen molar-refractivity contribution in [2.45, 2.75) is 12.2 Å². The first-order valence-electron chi connectivity index (χ1n) is 8.30. The van der Waals surface area contributed by atoms with Crippen LogP contribution in [0.25, 0.3) is 0 Å². The zero-order chi connectivity index (χ0) is 19.8. The van der Waals surface area contributed by atoms with Crippen LogP contribution in [0.4, 0.5) is 10.2 Å². The van der Waals surface area contributed by atoms with Crippen LogP contribution in [0, 0.1) is 23.6 Å². The lowest BCUT2D eigenvalue weighted by molar-refractivity contribution is -0.118. The average molecular weight is 398 g/mol. The van der Waals surface area contributed by atoms with Crippen LogP contribution in [-0.2, 0) is 4.79 Å². The Balaban J connectivity index is 1.84. The number of amides is 1. The molecule has 4 rings (SSSR count). The standard InChI is InChI=1S/C18H15FN6O2S/c1-9-6-12(22-17-15(9)27-7-13(26)23-17)14-16(10-2-4-11(19)5-3-10)28-18(21)25(8-20)24-14/h2-6,8,16,20-21H,7H2,1H3,(H,22,23,26). The lowest BCUT2D eigenvalue weighted by atomic mass is 10.0. The van der Waals surface area contributed by atoms with Gasteiger partial charge in [0.1, 0.15) is 17.9 Å². The molecule has 3 heterocycles. The highest BCUT2D eigenvalue weighted by molar-refractivity contribution is 8.14. The average Bonchev–Trinajstić information content (AvgIpc) is 2.68. The molecule has 1 amide bonds. The fourth-order valence-electron chi connectivity index (χ4n) is 2.94. The summed E-state index contributed by atoms with van der Waals surface area (Å²) in [6, 6.07) is 7.74. The molecule has 1 unspecified atom stereocenters. The van der Waals surface area contributed by atoms with E-state index in [4.69, 9.17) is 15.6 Å². The first kappa shape index (κ1) is 18.1. The SMILES string of the molecule is Cc1cc(C2=NN(C=N)C(=N)SC2c2ccc(F)cc2)nc2c1OCC(=O)N2. The first-order valence-corrected chi connectivity index (χ1v) is 9.18. The van der Waals surface area contributed by atoms with Crippen LogP contribution in [0.3, 0.4) is 0 Å². The van der Waals surface area contributed by atoms with Gasteiger partial charge < -0.3 is 10.1 Å². The number of hydrogen-bond acceptors (Lipinski definition) is 7. The Morgan fingerprint density at radius 1 is 1.39 bits per heavy atom. The minimum Gasteiger partial charge on any atom is -0.480 e. The predicted molar refractivity (Wildman–Crippen MR) is 105 cm³/mol. The third-order valence-corrected chi connectivity index (χ3v) is 5.36. The normalized spacial score (nSPS) is 18.7. The van der Waals surface area contributed by atoms with Gasteiger partial charge in [-0.3, -0.25) is 15.6 Å². The van der Waals surface area contributed by atoms with Crippen molar-refractivity contribution >= 4 is 40.7 Å². The van der Waals surface area contributed by atoms with Crippen LogP contribution < -0.4 is 10.1 Å². The van der Waals surface area contributed by atoms with E-state index in [1.807, 2.05) is 6.92 Å². The van der Waals surface area contributed by atoms with E-state index in [-0.39, 0.29) is 23.5 Å². The number of hydrazone groups is 1. The maximum atomic E-state index is 13.4. The molecule has 0 bridgehead atoms. The minimum absolute atomic E-state index is 0.0669. The number of halogens is 1. The molecule has 1 atom stereocenters. The van der Waals surface area contributed by atoms with Crippen molar-refractivity contribution in [1.82, 2.24) is 9.99 Å². The number of ether oxygens (including phenoxy) is 1. The summed E-state index contributed by atoms with van der Waals surface area (Å²) in [5.41, 5.74) is 2.48. The molecular formula is C18H15FN6O2S. The molecule has 0 fully saturated rings. The third-order valence-electron chi connectivity index (χ3n) is 4.22. The molecule has 142 valence electrons. The number of pyridine rings is 1. The number of thioether (sulfide) groups is 1. The zero-order valence-corrected chi connectivity index (χ0v) is 15.5. The number of nitrogens with one attached hydrogen (secondary N) is 3. The fraction of sp³-hybridized carbons (Fsp3) is 0.167. The zero-order valence-electron chi connectivity index (χ0n) is 14.7. The van der Waals surface area contributed by atoms with Gasteiger partial charge in [-0.15, -0.1) is 0 Å². The lowest BCUT2D eigenvalue weighted by Crippen LogP contribution is -2.32. The molecule has 2 aliphatic rings. The van der Waals surface area contributed by atoms with E-state index in [9.17, 15) is 9.18 Å². The van der Waals surface area contributed by atoms with E-state index < -0.39 is 5.25 Å². The van der Waals surface area contributed by atoms with Crippen molar-refractivity contribution in [1.29, 1.82) is 10.8 Å². The topological polar surface area (TPSA) is 115 Å². The summed E-state index contributed by atoms with van der Waals surface area (Å²) in [5, 5.41) is 23.5. The van der Waals surface area contributed by atoms with Gasteiger partial charge in [-0.25, -0.2) is 9.37 Å². The van der Waals surface area contributed by atoms with Crippen molar-refractivity contribution in [3.05, 3.63) is 53.0 Å². The summed E-state index contributed by atoms with van der Waals surface area (Å²) in [6.07, 6.45) is 0.937. The highest BCUT2D eigenvalue weighted by atomic mass is 32.2. The molecule has 28 heavy (non-hydrogen) atoms. The maximum Gasteiger partial charge on any atom is 0.263 e. The Hall–Kier alpha value is -3.27. The van der Waals surface area contributed by atoms with E-state index >= 15 is 0 Å². The van der Waals surface area contributed by atoms with E-state index in [1.54, 1.807) is 18.2 Å². The minimum atomic E-state index is -0.422. The van der Waals surface area contributed by atoms with Crippen molar-refractivity contribution in [2.75, 3.05) is 11.9 Å². The Morgan fingerprint density at radius 2 is 2.14 bits per heavy atom. The summed E-state index contributed by atoms with van der Waals surface area (Å²) in [5.74, 6) is 0.151. The molecule has 0 aliphatic carbocycles. The van der Waals surface area contributed by atoms with Gasteiger partial charge in [0.05, 0.1) is 10.9 Å². The monoisotopic (exact) mass is 398 g/mol. The van der Waals surface area contributed by atoms with E-state index in [1.165, 1.54) is 23.9 Å². The molecule has 1 aromatic heterocycles. The molecule has 0 spiro atoms. The second-order valence-electron chi connectivity index (χ2n) is 6.15. The molecule has 0 saturated carbocycles. The maximum absolute atomic E-state index is 13.4. The largest absolute Gasteiger partial charge is 0.480 e. The predicted octanol–water partition coefficient (Wildman–Crippen LogP) is 2.90. The summed E-state index contributed by atoms with van der Waals surface area (Å²) in [6.45, 7) is 1.77. The summed E-state index contributed by atoms with van der Waals surface area (Å²) in [7, 11) is 0. The van der Waals surface area contributed by atoms with Gasteiger partial charge in [-0.1, -0.05) is 23.9 Å². The Kier molecular flexibility index (Phi) is 4.55.